The van der Waals surface area contributed by atoms with Gasteiger partial charge in [0.05, 0.1) is 24.1 Å². The Labute approximate surface area is 332 Å². The fraction of sp³-hybridized carbons (Fsp3) is 0.571. The summed E-state index contributed by atoms with van der Waals surface area (Å²) in [5.41, 5.74) is 3.08. The van der Waals surface area contributed by atoms with Gasteiger partial charge in [-0.1, -0.05) is 53.2 Å². The number of carbonyl (C=O) groups is 6. The summed E-state index contributed by atoms with van der Waals surface area (Å²) in [6.07, 6.45) is 3.29. The van der Waals surface area contributed by atoms with E-state index in [1.54, 1.807) is 9.80 Å². The van der Waals surface area contributed by atoms with E-state index in [0.29, 0.717) is 69.8 Å². The molecule has 0 spiro atoms. The lowest BCUT2D eigenvalue weighted by Gasteiger charge is -2.33. The van der Waals surface area contributed by atoms with Gasteiger partial charge < -0.3 is 34.5 Å². The Hall–Kier alpha value is -5.34. The molecule has 2 aromatic carbocycles. The third-order valence-corrected chi connectivity index (χ3v) is 11.8. The summed E-state index contributed by atoms with van der Waals surface area (Å²) in [6.45, 7) is 12.5. The number of benzene rings is 2. The molecule has 306 valence electrons. The Morgan fingerprint density at radius 2 is 1.12 bits per heavy atom. The van der Waals surface area contributed by atoms with Gasteiger partial charge in [0.2, 0.25) is 23.6 Å². The standard InChI is InChI=1S/C42H55N7O8/c1-6-7-16-45-33-23-27(43-37(50)31-10-8-17-46(31)39(52)35(25(2)3)48-19-21-56-41(48)54)12-14-29(33)30-15-13-28(24-34(30)45)44-38(51)32-11-9-18-47(32)40(53)36(26(4)5)49-20-22-57-42(49)55/h12-15,23-26,31-32,35-36H,6-11,16-22H2,1-5H3,(H,43,50)(H,44,51)/t31-,32-,35?,36?/m0/s1. The zero-order chi connectivity index (χ0) is 40.5. The topological polar surface area (TPSA) is 163 Å². The summed E-state index contributed by atoms with van der Waals surface area (Å²) in [4.78, 5) is 86.4. The van der Waals surface area contributed by atoms with Crippen molar-refractivity contribution in [3.63, 3.8) is 0 Å². The minimum absolute atomic E-state index is 0.151. The van der Waals surface area contributed by atoms with Gasteiger partial charge in [0.1, 0.15) is 37.4 Å². The van der Waals surface area contributed by atoms with E-state index in [-0.39, 0.29) is 48.7 Å². The summed E-state index contributed by atoms with van der Waals surface area (Å²) in [7, 11) is 0. The molecule has 2 unspecified atom stereocenters. The lowest BCUT2D eigenvalue weighted by molar-refractivity contribution is -0.141. The molecule has 4 saturated heterocycles. The van der Waals surface area contributed by atoms with E-state index in [1.807, 2.05) is 64.1 Å². The van der Waals surface area contributed by atoms with E-state index in [2.05, 4.69) is 22.1 Å². The quantitative estimate of drug-likeness (QED) is 0.233. The minimum Gasteiger partial charge on any atom is -0.448 e. The van der Waals surface area contributed by atoms with Crippen molar-refractivity contribution in [1.82, 2.24) is 24.2 Å². The first kappa shape index (κ1) is 39.9. The highest BCUT2D eigenvalue weighted by Crippen LogP contribution is 2.34. The van der Waals surface area contributed by atoms with Gasteiger partial charge in [-0.3, -0.25) is 29.0 Å². The molecular formula is C42H55N7O8. The van der Waals surface area contributed by atoms with Crippen molar-refractivity contribution in [3.05, 3.63) is 36.4 Å². The van der Waals surface area contributed by atoms with Crippen LogP contribution in [-0.2, 0) is 35.2 Å². The summed E-state index contributed by atoms with van der Waals surface area (Å²) >= 11 is 0. The van der Waals surface area contributed by atoms with E-state index in [1.165, 1.54) is 9.80 Å². The number of hydrogen-bond acceptors (Lipinski definition) is 8. The number of aryl methyl sites for hydroxylation is 1. The van der Waals surface area contributed by atoms with Crippen molar-refractivity contribution in [2.45, 2.75) is 104 Å². The SMILES string of the molecule is CCCCn1c2cc(NC(=O)[C@@H]3CCCN3C(=O)C(C(C)C)N3CCOC3=O)ccc2c2ccc(NC(=O)[C@@H]3CCCN3C(=O)C(C(C)C)N3CCOC3=O)cc21. The minimum atomic E-state index is -0.701. The summed E-state index contributed by atoms with van der Waals surface area (Å²) in [6, 6.07) is 8.91. The van der Waals surface area contributed by atoms with Crippen LogP contribution >= 0.6 is 0 Å². The Balaban J connectivity index is 1.10. The number of unbranched alkanes of at least 4 members (excludes halogenated alkanes) is 1. The van der Waals surface area contributed by atoms with Gasteiger partial charge in [0.25, 0.3) is 0 Å². The van der Waals surface area contributed by atoms with Crippen molar-refractivity contribution in [2.24, 2.45) is 11.8 Å². The maximum Gasteiger partial charge on any atom is 0.410 e. The predicted molar refractivity (Wildman–Crippen MR) is 214 cm³/mol. The lowest BCUT2D eigenvalue weighted by atomic mass is 10.0. The molecule has 0 aliphatic carbocycles. The van der Waals surface area contributed by atoms with Crippen LogP contribution in [0.1, 0.15) is 73.1 Å². The van der Waals surface area contributed by atoms with Gasteiger partial charge in [0.15, 0.2) is 0 Å². The van der Waals surface area contributed by atoms with Crippen LogP contribution in [0, 0.1) is 11.8 Å². The van der Waals surface area contributed by atoms with Gasteiger partial charge in [-0.2, -0.15) is 0 Å². The summed E-state index contributed by atoms with van der Waals surface area (Å²) < 4.78 is 12.5. The Bertz CT molecular complexity index is 1920. The van der Waals surface area contributed by atoms with Gasteiger partial charge >= 0.3 is 12.2 Å². The van der Waals surface area contributed by atoms with E-state index in [9.17, 15) is 28.8 Å². The van der Waals surface area contributed by atoms with E-state index >= 15 is 0 Å². The number of amides is 6. The number of nitrogens with one attached hydrogen (secondary N) is 2. The smallest absolute Gasteiger partial charge is 0.410 e. The van der Waals surface area contributed by atoms with Crippen LogP contribution in [0.3, 0.4) is 0 Å². The van der Waals surface area contributed by atoms with Crippen molar-refractivity contribution >= 4 is 69.0 Å². The number of carbonyl (C=O) groups excluding carboxylic acids is 6. The molecule has 7 rings (SSSR count). The lowest BCUT2D eigenvalue weighted by Crippen LogP contribution is -2.54. The van der Waals surface area contributed by atoms with E-state index in [0.717, 1.165) is 34.6 Å². The van der Waals surface area contributed by atoms with Crippen molar-refractivity contribution in [3.8, 4) is 0 Å². The highest BCUT2D eigenvalue weighted by Gasteiger charge is 2.45. The normalized spacial score (nSPS) is 20.9. The Morgan fingerprint density at radius 1 is 0.684 bits per heavy atom. The zero-order valence-electron chi connectivity index (χ0n) is 33.6. The van der Waals surface area contributed by atoms with Crippen LogP contribution in [0.25, 0.3) is 21.8 Å². The van der Waals surface area contributed by atoms with Gasteiger partial charge in [-0.05, 0) is 68.2 Å². The molecule has 4 aliphatic heterocycles. The summed E-state index contributed by atoms with van der Waals surface area (Å²) in [5.74, 6) is -1.32. The second-order valence-corrected chi connectivity index (χ2v) is 16.3. The highest BCUT2D eigenvalue weighted by atomic mass is 16.6. The molecule has 15 heteroatoms. The van der Waals surface area contributed by atoms with Crippen LogP contribution in [0.15, 0.2) is 36.4 Å². The Kier molecular flexibility index (Phi) is 11.6. The molecule has 1 aromatic heterocycles. The number of hydrogen-bond donors (Lipinski definition) is 2. The fourth-order valence-corrected chi connectivity index (χ4v) is 9.08. The number of aromatic nitrogens is 1. The van der Waals surface area contributed by atoms with Gasteiger partial charge in [0, 0.05) is 41.8 Å². The highest BCUT2D eigenvalue weighted by molar-refractivity contribution is 6.11. The molecule has 0 bridgehead atoms. The van der Waals surface area contributed by atoms with E-state index in [4.69, 9.17) is 9.47 Å². The first-order valence-electron chi connectivity index (χ1n) is 20.5. The van der Waals surface area contributed by atoms with Crippen LogP contribution in [0.2, 0.25) is 0 Å². The second kappa shape index (κ2) is 16.6. The second-order valence-electron chi connectivity index (χ2n) is 16.3. The maximum absolute atomic E-state index is 13.9. The third-order valence-electron chi connectivity index (χ3n) is 11.8. The molecule has 0 saturated carbocycles. The average molecular weight is 786 g/mol. The molecule has 0 radical (unpaired) electrons. The van der Waals surface area contributed by atoms with Gasteiger partial charge in [-0.15, -0.1) is 0 Å². The number of anilines is 2. The molecule has 2 N–H and O–H groups in total. The van der Waals surface area contributed by atoms with E-state index < -0.39 is 36.4 Å². The number of fused-ring (bicyclic) bond motifs is 3. The molecule has 4 aliphatic rings. The number of ether oxygens (including phenoxy) is 2. The molecule has 3 aromatic rings. The molecule has 15 nitrogen and oxygen atoms in total. The van der Waals surface area contributed by atoms with Crippen LogP contribution < -0.4 is 10.6 Å². The molecular weight excluding hydrogens is 731 g/mol. The number of nitrogens with zero attached hydrogens (tertiary/aromatic N) is 5. The number of cyclic esters (lactones) is 2. The van der Waals surface area contributed by atoms with Crippen LogP contribution in [-0.4, -0.2) is 124 Å². The van der Waals surface area contributed by atoms with Crippen molar-refractivity contribution in [1.29, 1.82) is 0 Å². The van der Waals surface area contributed by atoms with Gasteiger partial charge in [-0.25, -0.2) is 9.59 Å². The molecule has 5 heterocycles. The predicted octanol–water partition coefficient (Wildman–Crippen LogP) is 5.41. The first-order valence-corrected chi connectivity index (χ1v) is 20.5. The Morgan fingerprint density at radius 3 is 1.49 bits per heavy atom. The number of rotatable bonds is 13. The largest absolute Gasteiger partial charge is 0.448 e. The first-order chi connectivity index (χ1) is 27.4. The molecule has 6 amide bonds. The van der Waals surface area contributed by atoms with Crippen molar-refractivity contribution < 1.29 is 38.2 Å². The summed E-state index contributed by atoms with van der Waals surface area (Å²) in [5, 5.41) is 8.16. The third kappa shape index (κ3) is 7.72. The zero-order valence-corrected chi connectivity index (χ0v) is 33.6. The maximum atomic E-state index is 13.9. The van der Waals surface area contributed by atoms with Crippen molar-refractivity contribution in [2.75, 3.05) is 50.0 Å². The van der Waals surface area contributed by atoms with Crippen LogP contribution in [0.5, 0.6) is 0 Å². The number of likely N-dealkylation sites (tertiary alicyclic amines) is 2. The average Bonchev–Trinajstić information content (AvgIpc) is 4.03. The molecule has 4 fully saturated rings. The van der Waals surface area contributed by atoms with Crippen LogP contribution in [0.4, 0.5) is 21.0 Å². The monoisotopic (exact) mass is 785 g/mol. The molecule has 57 heavy (non-hydrogen) atoms. The molecule has 4 atom stereocenters. The fourth-order valence-electron chi connectivity index (χ4n) is 9.08.